The molecule has 1 aliphatic heterocycles. The summed E-state index contributed by atoms with van der Waals surface area (Å²) >= 11 is 0. The van der Waals surface area contributed by atoms with Crippen LogP contribution >= 0.6 is 0 Å². The van der Waals surface area contributed by atoms with E-state index in [1.165, 1.54) is 38.8 Å². The Hall–Kier alpha value is -0.120. The zero-order valence-electron chi connectivity index (χ0n) is 13.5. The highest BCUT2D eigenvalue weighted by atomic mass is 16.5. The minimum atomic E-state index is 0.431. The Morgan fingerprint density at radius 1 is 1.26 bits per heavy atom. The van der Waals surface area contributed by atoms with Gasteiger partial charge in [-0.25, -0.2) is 0 Å². The first-order chi connectivity index (χ1) is 9.15. The molecule has 3 nitrogen and oxygen atoms in total. The first kappa shape index (κ1) is 16.9. The van der Waals surface area contributed by atoms with Gasteiger partial charge in [-0.3, -0.25) is 0 Å². The first-order valence-electron chi connectivity index (χ1n) is 8.12. The van der Waals surface area contributed by atoms with Crippen LogP contribution in [-0.4, -0.2) is 51.3 Å². The Balaban J connectivity index is 2.42. The minimum absolute atomic E-state index is 0.431. The highest BCUT2D eigenvalue weighted by Crippen LogP contribution is 2.27. The van der Waals surface area contributed by atoms with Gasteiger partial charge in [0.05, 0.1) is 6.61 Å². The average Bonchev–Trinajstić information content (AvgIpc) is 2.44. The van der Waals surface area contributed by atoms with E-state index in [1.54, 1.807) is 0 Å². The van der Waals surface area contributed by atoms with Crippen LogP contribution in [0.1, 0.15) is 46.5 Å². The molecule has 0 aromatic rings. The maximum atomic E-state index is 5.59. The zero-order chi connectivity index (χ0) is 14.1. The van der Waals surface area contributed by atoms with Crippen LogP contribution < -0.4 is 5.32 Å². The molecule has 3 heteroatoms. The molecule has 1 rings (SSSR count). The lowest BCUT2D eigenvalue weighted by Gasteiger charge is -2.37. The number of rotatable bonds is 9. The Kier molecular flexibility index (Phi) is 7.96. The normalized spacial score (nSPS) is 21.0. The molecule has 0 aliphatic carbocycles. The van der Waals surface area contributed by atoms with Crippen LogP contribution in [0.5, 0.6) is 0 Å². The predicted molar refractivity (Wildman–Crippen MR) is 82.6 cm³/mol. The molecule has 0 spiro atoms. The van der Waals surface area contributed by atoms with Crippen molar-refractivity contribution in [2.75, 3.05) is 46.4 Å². The number of nitrogens with zero attached hydrogens (tertiary/aromatic N) is 1. The van der Waals surface area contributed by atoms with Gasteiger partial charge in [0.25, 0.3) is 0 Å². The van der Waals surface area contributed by atoms with Gasteiger partial charge < -0.3 is 15.0 Å². The van der Waals surface area contributed by atoms with Gasteiger partial charge in [0.2, 0.25) is 0 Å². The van der Waals surface area contributed by atoms with E-state index in [1.807, 2.05) is 0 Å². The monoisotopic (exact) mass is 270 g/mol. The second kappa shape index (κ2) is 8.93. The molecule has 0 aromatic carbocycles. The van der Waals surface area contributed by atoms with Gasteiger partial charge in [-0.15, -0.1) is 0 Å². The van der Waals surface area contributed by atoms with Crippen LogP contribution in [0, 0.1) is 11.3 Å². The molecule has 1 saturated heterocycles. The maximum Gasteiger partial charge on any atom is 0.0506 e. The molecule has 1 atom stereocenters. The van der Waals surface area contributed by atoms with Crippen LogP contribution in [0.2, 0.25) is 0 Å². The number of nitrogens with one attached hydrogen (secondary N) is 1. The molecule has 0 radical (unpaired) electrons. The van der Waals surface area contributed by atoms with Crippen molar-refractivity contribution in [2.45, 2.75) is 46.5 Å². The molecule has 1 N–H and O–H groups in total. The summed E-state index contributed by atoms with van der Waals surface area (Å²) in [4.78, 5) is 2.53. The van der Waals surface area contributed by atoms with Crippen molar-refractivity contribution in [1.29, 1.82) is 0 Å². The van der Waals surface area contributed by atoms with Crippen LogP contribution in [0.3, 0.4) is 0 Å². The third-order valence-corrected chi connectivity index (χ3v) is 4.68. The molecule has 1 fully saturated rings. The standard InChI is InChI=1S/C16H34N2O/c1-5-16(6-2,13-17-7-3)14-18(4)11-15-9-8-10-19-12-15/h15,17H,5-14H2,1-4H3. The largest absolute Gasteiger partial charge is 0.381 e. The lowest BCUT2D eigenvalue weighted by atomic mass is 9.81. The summed E-state index contributed by atoms with van der Waals surface area (Å²) in [5.74, 6) is 0.740. The van der Waals surface area contributed by atoms with Gasteiger partial charge in [-0.2, -0.15) is 0 Å². The molecule has 0 amide bonds. The molecular formula is C16H34N2O. The van der Waals surface area contributed by atoms with Gasteiger partial charge in [0.1, 0.15) is 0 Å². The van der Waals surface area contributed by atoms with E-state index in [0.29, 0.717) is 5.41 Å². The van der Waals surface area contributed by atoms with Crippen molar-refractivity contribution in [1.82, 2.24) is 10.2 Å². The summed E-state index contributed by atoms with van der Waals surface area (Å²) in [5, 5.41) is 3.55. The summed E-state index contributed by atoms with van der Waals surface area (Å²) in [6, 6.07) is 0. The molecular weight excluding hydrogens is 236 g/mol. The van der Waals surface area contributed by atoms with Gasteiger partial charge in [0, 0.05) is 26.2 Å². The van der Waals surface area contributed by atoms with E-state index in [0.717, 1.165) is 32.2 Å². The molecule has 19 heavy (non-hydrogen) atoms. The van der Waals surface area contributed by atoms with E-state index in [-0.39, 0.29) is 0 Å². The van der Waals surface area contributed by atoms with Crippen molar-refractivity contribution in [3.63, 3.8) is 0 Å². The van der Waals surface area contributed by atoms with Crippen molar-refractivity contribution in [3.05, 3.63) is 0 Å². The Morgan fingerprint density at radius 2 is 2.00 bits per heavy atom. The SMILES string of the molecule is CCNCC(CC)(CC)CN(C)CC1CCCOC1. The van der Waals surface area contributed by atoms with E-state index in [9.17, 15) is 0 Å². The van der Waals surface area contributed by atoms with Crippen LogP contribution in [0.25, 0.3) is 0 Å². The zero-order valence-corrected chi connectivity index (χ0v) is 13.5. The highest BCUT2D eigenvalue weighted by molar-refractivity contribution is 4.83. The molecule has 1 unspecified atom stereocenters. The maximum absolute atomic E-state index is 5.59. The smallest absolute Gasteiger partial charge is 0.0506 e. The van der Waals surface area contributed by atoms with Crippen LogP contribution in [0.15, 0.2) is 0 Å². The summed E-state index contributed by atoms with van der Waals surface area (Å²) in [6.07, 6.45) is 5.08. The number of hydrogen-bond acceptors (Lipinski definition) is 3. The van der Waals surface area contributed by atoms with E-state index in [2.05, 4.69) is 38.0 Å². The lowest BCUT2D eigenvalue weighted by molar-refractivity contribution is 0.0345. The predicted octanol–water partition coefficient (Wildman–Crippen LogP) is 2.76. The van der Waals surface area contributed by atoms with E-state index >= 15 is 0 Å². The summed E-state index contributed by atoms with van der Waals surface area (Å²) in [5.41, 5.74) is 0.431. The number of hydrogen-bond donors (Lipinski definition) is 1. The molecule has 1 heterocycles. The fourth-order valence-electron chi connectivity index (χ4n) is 3.20. The molecule has 1 aliphatic rings. The van der Waals surface area contributed by atoms with Gasteiger partial charge >= 0.3 is 0 Å². The second-order valence-electron chi connectivity index (χ2n) is 6.27. The van der Waals surface area contributed by atoms with Crippen molar-refractivity contribution >= 4 is 0 Å². The Morgan fingerprint density at radius 3 is 2.53 bits per heavy atom. The highest BCUT2D eigenvalue weighted by Gasteiger charge is 2.28. The van der Waals surface area contributed by atoms with E-state index in [4.69, 9.17) is 4.74 Å². The summed E-state index contributed by atoms with van der Waals surface area (Å²) < 4.78 is 5.59. The first-order valence-corrected chi connectivity index (χ1v) is 8.12. The molecule has 0 bridgehead atoms. The molecule has 114 valence electrons. The van der Waals surface area contributed by atoms with Gasteiger partial charge in [-0.05, 0) is 50.6 Å². The van der Waals surface area contributed by atoms with E-state index < -0.39 is 0 Å². The minimum Gasteiger partial charge on any atom is -0.381 e. The summed E-state index contributed by atoms with van der Waals surface area (Å²) in [7, 11) is 2.28. The second-order valence-corrected chi connectivity index (χ2v) is 6.27. The third kappa shape index (κ3) is 5.80. The number of ether oxygens (including phenoxy) is 1. The van der Waals surface area contributed by atoms with Gasteiger partial charge in [-0.1, -0.05) is 20.8 Å². The quantitative estimate of drug-likeness (QED) is 0.697. The fraction of sp³-hybridized carbons (Fsp3) is 1.00. The Labute approximate surface area is 120 Å². The van der Waals surface area contributed by atoms with Crippen molar-refractivity contribution in [2.24, 2.45) is 11.3 Å². The third-order valence-electron chi connectivity index (χ3n) is 4.68. The lowest BCUT2D eigenvalue weighted by Crippen LogP contribution is -2.44. The van der Waals surface area contributed by atoms with Crippen LogP contribution in [0.4, 0.5) is 0 Å². The average molecular weight is 270 g/mol. The molecule has 0 aromatic heterocycles. The van der Waals surface area contributed by atoms with Crippen molar-refractivity contribution in [3.8, 4) is 0 Å². The van der Waals surface area contributed by atoms with Gasteiger partial charge in [0.15, 0.2) is 0 Å². The topological polar surface area (TPSA) is 24.5 Å². The fourth-order valence-corrected chi connectivity index (χ4v) is 3.20. The van der Waals surface area contributed by atoms with Crippen molar-refractivity contribution < 1.29 is 4.74 Å². The Bertz CT molecular complexity index is 223. The summed E-state index contributed by atoms with van der Waals surface area (Å²) in [6.45, 7) is 13.4. The van der Waals surface area contributed by atoms with Crippen LogP contribution in [-0.2, 0) is 4.74 Å². The molecule has 0 saturated carbocycles.